The molecule has 5 heteroatoms. The molecule has 2 unspecified atom stereocenters. The summed E-state index contributed by atoms with van der Waals surface area (Å²) in [6.45, 7) is 4.68. The van der Waals surface area contributed by atoms with Gasteiger partial charge in [-0.1, -0.05) is 43.3 Å². The number of para-hydroxylation sites is 2. The lowest BCUT2D eigenvalue weighted by Gasteiger charge is -2.33. The molecule has 5 nitrogen and oxygen atoms in total. The maximum Gasteiger partial charge on any atom is 0.246 e. The lowest BCUT2D eigenvalue weighted by atomic mass is 9.95. The first kappa shape index (κ1) is 19.0. The van der Waals surface area contributed by atoms with E-state index >= 15 is 0 Å². The largest absolute Gasteiger partial charge is 0.492 e. The summed E-state index contributed by atoms with van der Waals surface area (Å²) in [6.07, 6.45) is 1.43. The Morgan fingerprint density at radius 3 is 2.59 bits per heavy atom. The van der Waals surface area contributed by atoms with E-state index in [2.05, 4.69) is 5.32 Å². The monoisotopic (exact) mass is 366 g/mol. The van der Waals surface area contributed by atoms with Gasteiger partial charge in [0.1, 0.15) is 18.4 Å². The minimum Gasteiger partial charge on any atom is -0.492 e. The van der Waals surface area contributed by atoms with E-state index < -0.39 is 6.04 Å². The number of amides is 2. The fourth-order valence-corrected chi connectivity index (χ4v) is 3.37. The van der Waals surface area contributed by atoms with Crippen LogP contribution in [0.4, 0.5) is 5.69 Å². The van der Waals surface area contributed by atoms with Gasteiger partial charge in [-0.15, -0.1) is 0 Å². The molecule has 0 spiro atoms. The number of carbonyl (C=O) groups excluding carboxylic acids is 2. The van der Waals surface area contributed by atoms with Crippen molar-refractivity contribution in [1.82, 2.24) is 4.90 Å². The average Bonchev–Trinajstić information content (AvgIpc) is 2.71. The Balaban J connectivity index is 1.70. The number of nitrogens with zero attached hydrogens (tertiary/aromatic N) is 1. The van der Waals surface area contributed by atoms with E-state index in [1.807, 2.05) is 61.5 Å². The second-order valence-electron chi connectivity index (χ2n) is 6.88. The average molecular weight is 366 g/mol. The van der Waals surface area contributed by atoms with Crippen molar-refractivity contribution >= 4 is 17.5 Å². The van der Waals surface area contributed by atoms with Crippen LogP contribution in [0.25, 0.3) is 0 Å². The summed E-state index contributed by atoms with van der Waals surface area (Å²) in [7, 11) is 0. The summed E-state index contributed by atoms with van der Waals surface area (Å²) in [6, 6.07) is 16.6. The molecule has 1 N–H and O–H groups in total. The summed E-state index contributed by atoms with van der Waals surface area (Å²) in [5.41, 5.74) is 1.77. The predicted molar refractivity (Wildman–Crippen MR) is 106 cm³/mol. The zero-order valence-corrected chi connectivity index (χ0v) is 15.9. The van der Waals surface area contributed by atoms with E-state index in [4.69, 9.17) is 4.74 Å². The molecule has 27 heavy (non-hydrogen) atoms. The highest BCUT2D eigenvalue weighted by molar-refractivity contribution is 5.97. The first-order valence-electron chi connectivity index (χ1n) is 9.47. The Kier molecular flexibility index (Phi) is 6.12. The first-order chi connectivity index (χ1) is 13.1. The molecule has 2 aromatic rings. The Bertz CT molecular complexity index is 791. The Labute approximate surface area is 160 Å². The fourth-order valence-electron chi connectivity index (χ4n) is 3.37. The summed E-state index contributed by atoms with van der Waals surface area (Å²) in [5, 5.41) is 2.89. The van der Waals surface area contributed by atoms with Gasteiger partial charge in [0.2, 0.25) is 11.8 Å². The maximum absolute atomic E-state index is 13.2. The molecule has 1 aliphatic heterocycles. The van der Waals surface area contributed by atoms with Crippen LogP contribution in [0.1, 0.15) is 25.8 Å². The van der Waals surface area contributed by atoms with Crippen LogP contribution in [-0.2, 0) is 16.0 Å². The summed E-state index contributed by atoms with van der Waals surface area (Å²) in [4.78, 5) is 27.5. The van der Waals surface area contributed by atoms with Gasteiger partial charge in [0.05, 0.1) is 5.92 Å². The number of anilines is 1. The molecule has 1 heterocycles. The second-order valence-corrected chi connectivity index (χ2v) is 6.88. The van der Waals surface area contributed by atoms with Gasteiger partial charge in [0.25, 0.3) is 0 Å². The SMILES string of the molecule is CCCN(C(=O)C1COc2ccccc2C1)C(C)C(=O)Nc1ccccc1. The smallest absolute Gasteiger partial charge is 0.246 e. The van der Waals surface area contributed by atoms with Crippen LogP contribution in [-0.4, -0.2) is 35.9 Å². The molecular weight excluding hydrogens is 340 g/mol. The van der Waals surface area contributed by atoms with Crippen LogP contribution in [0.15, 0.2) is 54.6 Å². The molecule has 0 saturated carbocycles. The number of carbonyl (C=O) groups is 2. The second kappa shape index (κ2) is 8.71. The Hall–Kier alpha value is -2.82. The van der Waals surface area contributed by atoms with Crippen molar-refractivity contribution in [2.75, 3.05) is 18.5 Å². The highest BCUT2D eigenvalue weighted by Gasteiger charge is 2.33. The van der Waals surface area contributed by atoms with Crippen molar-refractivity contribution in [3.63, 3.8) is 0 Å². The van der Waals surface area contributed by atoms with E-state index in [0.29, 0.717) is 19.6 Å². The van der Waals surface area contributed by atoms with Gasteiger partial charge in [-0.05, 0) is 43.5 Å². The van der Waals surface area contributed by atoms with E-state index in [0.717, 1.165) is 23.4 Å². The fraction of sp³-hybridized carbons (Fsp3) is 0.364. The van der Waals surface area contributed by atoms with Crippen LogP contribution in [0, 0.1) is 5.92 Å². The highest BCUT2D eigenvalue weighted by Crippen LogP contribution is 2.28. The summed E-state index contributed by atoms with van der Waals surface area (Å²) >= 11 is 0. The van der Waals surface area contributed by atoms with Crippen molar-refractivity contribution in [3.05, 3.63) is 60.2 Å². The molecule has 3 rings (SSSR count). The van der Waals surface area contributed by atoms with Gasteiger partial charge in [-0.3, -0.25) is 9.59 Å². The van der Waals surface area contributed by atoms with Crippen LogP contribution in [0.2, 0.25) is 0 Å². The molecule has 2 aromatic carbocycles. The third kappa shape index (κ3) is 4.48. The van der Waals surface area contributed by atoms with E-state index in [9.17, 15) is 9.59 Å². The molecular formula is C22H26N2O3. The van der Waals surface area contributed by atoms with Crippen molar-refractivity contribution in [2.24, 2.45) is 5.92 Å². The molecule has 0 aromatic heterocycles. The lowest BCUT2D eigenvalue weighted by Crippen LogP contribution is -2.50. The summed E-state index contributed by atoms with van der Waals surface area (Å²) in [5.74, 6) is 0.374. The minimum absolute atomic E-state index is 0.0259. The topological polar surface area (TPSA) is 58.6 Å². The molecule has 0 bridgehead atoms. The van der Waals surface area contributed by atoms with E-state index in [-0.39, 0.29) is 17.7 Å². The van der Waals surface area contributed by atoms with Crippen molar-refractivity contribution < 1.29 is 14.3 Å². The maximum atomic E-state index is 13.2. The van der Waals surface area contributed by atoms with Gasteiger partial charge in [0.15, 0.2) is 0 Å². The van der Waals surface area contributed by atoms with Crippen molar-refractivity contribution in [2.45, 2.75) is 32.7 Å². The number of ether oxygens (including phenoxy) is 1. The number of benzene rings is 2. The van der Waals surface area contributed by atoms with Crippen molar-refractivity contribution in [1.29, 1.82) is 0 Å². The minimum atomic E-state index is -0.546. The number of hydrogen-bond acceptors (Lipinski definition) is 3. The number of fused-ring (bicyclic) bond motifs is 1. The van der Waals surface area contributed by atoms with Gasteiger partial charge in [-0.2, -0.15) is 0 Å². The Morgan fingerprint density at radius 1 is 1.15 bits per heavy atom. The zero-order chi connectivity index (χ0) is 19.2. The van der Waals surface area contributed by atoms with E-state index in [1.54, 1.807) is 11.8 Å². The molecule has 0 radical (unpaired) electrons. The molecule has 1 aliphatic rings. The third-order valence-corrected chi connectivity index (χ3v) is 4.86. The zero-order valence-electron chi connectivity index (χ0n) is 15.9. The normalized spacial score (nSPS) is 16.6. The predicted octanol–water partition coefficient (Wildman–Crippen LogP) is 3.50. The molecule has 2 amide bonds. The Morgan fingerprint density at radius 2 is 1.85 bits per heavy atom. The number of rotatable bonds is 6. The molecule has 142 valence electrons. The van der Waals surface area contributed by atoms with Crippen LogP contribution >= 0.6 is 0 Å². The quantitative estimate of drug-likeness (QED) is 0.851. The molecule has 0 fully saturated rings. The highest BCUT2D eigenvalue weighted by atomic mass is 16.5. The number of hydrogen-bond donors (Lipinski definition) is 1. The molecule has 0 aliphatic carbocycles. The first-order valence-corrected chi connectivity index (χ1v) is 9.47. The lowest BCUT2D eigenvalue weighted by molar-refractivity contribution is -0.142. The third-order valence-electron chi connectivity index (χ3n) is 4.86. The van der Waals surface area contributed by atoms with Gasteiger partial charge in [-0.25, -0.2) is 0 Å². The van der Waals surface area contributed by atoms with Gasteiger partial charge < -0.3 is 15.0 Å². The van der Waals surface area contributed by atoms with Crippen LogP contribution < -0.4 is 10.1 Å². The van der Waals surface area contributed by atoms with Crippen molar-refractivity contribution in [3.8, 4) is 5.75 Å². The van der Waals surface area contributed by atoms with E-state index in [1.165, 1.54) is 0 Å². The van der Waals surface area contributed by atoms with Crippen LogP contribution in [0.5, 0.6) is 5.75 Å². The summed E-state index contributed by atoms with van der Waals surface area (Å²) < 4.78 is 5.77. The van der Waals surface area contributed by atoms with Crippen LogP contribution in [0.3, 0.4) is 0 Å². The molecule has 0 saturated heterocycles. The van der Waals surface area contributed by atoms with Gasteiger partial charge in [0, 0.05) is 12.2 Å². The molecule has 2 atom stereocenters. The van der Waals surface area contributed by atoms with Gasteiger partial charge >= 0.3 is 0 Å². The number of nitrogens with one attached hydrogen (secondary N) is 1. The standard InChI is InChI=1S/C22H26N2O3/c1-3-13-24(16(2)21(25)23-19-10-5-4-6-11-19)22(26)18-14-17-9-7-8-12-20(17)27-15-18/h4-12,16,18H,3,13-15H2,1-2H3,(H,23,25).